The maximum atomic E-state index is 13.1. The minimum Gasteiger partial charge on any atom is -0.508 e. The number of hydrogen-bond donors (Lipinski definition) is 4. The van der Waals surface area contributed by atoms with Crippen molar-refractivity contribution in [3.63, 3.8) is 0 Å². The van der Waals surface area contributed by atoms with Crippen LogP contribution in [0.3, 0.4) is 0 Å². The lowest BCUT2D eigenvalue weighted by Gasteiger charge is -2.38. The molecule has 10 nitrogen and oxygen atoms in total. The Balaban J connectivity index is 0.000000812. The van der Waals surface area contributed by atoms with Gasteiger partial charge in [-0.3, -0.25) is 9.69 Å². The fourth-order valence-electron chi connectivity index (χ4n) is 5.83. The zero-order valence-electron chi connectivity index (χ0n) is 29.3. The van der Waals surface area contributed by atoms with Crippen molar-refractivity contribution in [3.8, 4) is 11.5 Å². The van der Waals surface area contributed by atoms with Crippen LogP contribution in [0.2, 0.25) is 0 Å². The number of benzene rings is 1. The Kier molecular flexibility index (Phi) is 16.1. The first-order valence-electron chi connectivity index (χ1n) is 17.0. The molecule has 0 aromatic heterocycles. The summed E-state index contributed by atoms with van der Waals surface area (Å²) in [5, 5.41) is 29.8. The quantitative estimate of drug-likeness (QED) is 0.108. The number of phosphoric ester groups is 1. The van der Waals surface area contributed by atoms with Crippen LogP contribution in [0.5, 0.6) is 11.5 Å². The third-order valence-corrected chi connectivity index (χ3v) is 9.77. The number of phosphoric acid groups is 1. The molecule has 0 saturated heterocycles. The molecule has 3 rings (SSSR count). The fraction of sp³-hybridized carbons (Fsp3) is 0.743. The highest BCUT2D eigenvalue weighted by molar-refractivity contribution is 7.48. The van der Waals surface area contributed by atoms with Crippen molar-refractivity contribution in [2.24, 2.45) is 11.8 Å². The summed E-state index contributed by atoms with van der Waals surface area (Å²) in [6.07, 6.45) is 11.6. The largest absolute Gasteiger partial charge is 0.585 e. The number of carbonyl (C=O) groups is 1. The van der Waals surface area contributed by atoms with Crippen LogP contribution in [-0.2, 0) is 25.0 Å². The number of aliphatic hydroxyl groups excluding tert-OH is 3. The molecular weight excluding hydrogens is 611 g/mol. The van der Waals surface area contributed by atoms with Gasteiger partial charge >= 0.3 is 7.82 Å². The lowest BCUT2D eigenvalue weighted by molar-refractivity contribution is -0.122. The third-order valence-electron chi connectivity index (χ3n) is 8.94. The molecule has 1 aromatic carbocycles. The van der Waals surface area contributed by atoms with E-state index < -0.39 is 50.4 Å². The smallest absolute Gasteiger partial charge is 0.508 e. The van der Waals surface area contributed by atoms with Gasteiger partial charge in [0.25, 0.3) is 0 Å². The molecular formula is C35H59O10P. The lowest BCUT2D eigenvalue weighted by atomic mass is 9.84. The molecule has 0 amide bonds. The first-order valence-corrected chi connectivity index (χ1v) is 18.5. The van der Waals surface area contributed by atoms with E-state index in [1.165, 1.54) is 38.5 Å². The molecule has 4 N–H and O–H groups in total. The second kappa shape index (κ2) is 18.4. The molecule has 264 valence electrons. The van der Waals surface area contributed by atoms with Crippen molar-refractivity contribution < 1.29 is 48.1 Å². The molecule has 0 spiro atoms. The van der Waals surface area contributed by atoms with Gasteiger partial charge in [-0.1, -0.05) is 72.6 Å². The molecule has 0 aliphatic carbocycles. The van der Waals surface area contributed by atoms with Gasteiger partial charge in [0.15, 0.2) is 0 Å². The minimum absolute atomic E-state index is 0.142. The monoisotopic (exact) mass is 670 g/mol. The van der Waals surface area contributed by atoms with Crippen LogP contribution < -0.4 is 9.26 Å². The van der Waals surface area contributed by atoms with E-state index in [9.17, 15) is 29.6 Å². The number of aliphatic hydroxyl groups is 3. The van der Waals surface area contributed by atoms with Gasteiger partial charge in [-0.05, 0) is 76.0 Å². The Morgan fingerprint density at radius 1 is 1.00 bits per heavy atom. The van der Waals surface area contributed by atoms with Gasteiger partial charge in [0.05, 0.1) is 25.2 Å². The number of ether oxygens (including phenoxy) is 2. The summed E-state index contributed by atoms with van der Waals surface area (Å²) in [5.74, 6) is -2.21. The topological polar surface area (TPSA) is 152 Å². The molecule has 11 heteroatoms. The van der Waals surface area contributed by atoms with Crippen molar-refractivity contribution in [1.29, 1.82) is 0 Å². The first-order chi connectivity index (χ1) is 21.6. The Morgan fingerprint density at radius 2 is 1.63 bits per heavy atom. The highest BCUT2D eigenvalue weighted by atomic mass is 31.2. The third kappa shape index (κ3) is 11.3. The summed E-state index contributed by atoms with van der Waals surface area (Å²) >= 11 is 0. The van der Waals surface area contributed by atoms with Crippen LogP contribution in [0.25, 0.3) is 0 Å². The van der Waals surface area contributed by atoms with Gasteiger partial charge in [0.1, 0.15) is 29.5 Å². The molecule has 0 saturated carbocycles. The van der Waals surface area contributed by atoms with E-state index >= 15 is 0 Å². The number of hydrogen-bond acceptors (Lipinski definition) is 9. The molecule has 2 aliphatic heterocycles. The van der Waals surface area contributed by atoms with E-state index in [-0.39, 0.29) is 18.0 Å². The SMILES string of the molecule is CCCCCCCC.Cc1c(C)c2c(c(C)c1OP(=O)(O)OC1=C(O)C(C(O)CO)COCC1=O)CCC(C)(CCCC(C)C)O2. The maximum Gasteiger partial charge on any atom is 0.585 e. The van der Waals surface area contributed by atoms with Crippen LogP contribution in [-0.4, -0.2) is 57.5 Å². The van der Waals surface area contributed by atoms with Crippen molar-refractivity contribution in [1.82, 2.24) is 0 Å². The molecule has 0 bridgehead atoms. The van der Waals surface area contributed by atoms with E-state index in [1.807, 2.05) is 6.92 Å². The fourth-order valence-corrected chi connectivity index (χ4v) is 6.80. The Morgan fingerprint density at radius 3 is 2.20 bits per heavy atom. The summed E-state index contributed by atoms with van der Waals surface area (Å²) in [4.78, 5) is 23.1. The van der Waals surface area contributed by atoms with E-state index in [4.69, 9.17) is 18.5 Å². The Bertz CT molecular complexity index is 1220. The zero-order valence-corrected chi connectivity index (χ0v) is 30.2. The van der Waals surface area contributed by atoms with Gasteiger partial charge in [-0.2, -0.15) is 0 Å². The van der Waals surface area contributed by atoms with Crippen LogP contribution in [0.4, 0.5) is 0 Å². The van der Waals surface area contributed by atoms with Crippen LogP contribution in [0.15, 0.2) is 11.5 Å². The van der Waals surface area contributed by atoms with Gasteiger partial charge < -0.3 is 33.8 Å². The highest BCUT2D eigenvalue weighted by Crippen LogP contribution is 2.52. The molecule has 0 radical (unpaired) electrons. The lowest BCUT2D eigenvalue weighted by Crippen LogP contribution is -2.37. The number of ketones is 1. The van der Waals surface area contributed by atoms with Crippen LogP contribution in [0.1, 0.15) is 121 Å². The average molecular weight is 671 g/mol. The molecule has 0 fully saturated rings. The van der Waals surface area contributed by atoms with Crippen LogP contribution >= 0.6 is 7.82 Å². The summed E-state index contributed by atoms with van der Waals surface area (Å²) in [6, 6.07) is 0. The summed E-state index contributed by atoms with van der Waals surface area (Å²) < 4.78 is 35.3. The summed E-state index contributed by atoms with van der Waals surface area (Å²) in [6.45, 7) is 14.9. The Labute approximate surface area is 276 Å². The molecule has 4 unspecified atom stereocenters. The van der Waals surface area contributed by atoms with Gasteiger partial charge in [-0.25, -0.2) is 4.57 Å². The normalized spacial score (nSPS) is 21.8. The van der Waals surface area contributed by atoms with Crippen molar-refractivity contribution in [3.05, 3.63) is 33.8 Å². The van der Waals surface area contributed by atoms with E-state index in [2.05, 4.69) is 34.6 Å². The number of carbonyl (C=O) groups excluding carboxylic acids is 1. The predicted molar refractivity (Wildman–Crippen MR) is 179 cm³/mol. The highest BCUT2D eigenvalue weighted by Gasteiger charge is 2.40. The predicted octanol–water partition coefficient (Wildman–Crippen LogP) is 7.72. The second-order valence-corrected chi connectivity index (χ2v) is 14.7. The molecule has 2 aliphatic rings. The zero-order chi connectivity index (χ0) is 34.7. The van der Waals surface area contributed by atoms with Crippen molar-refractivity contribution >= 4 is 13.6 Å². The summed E-state index contributed by atoms with van der Waals surface area (Å²) in [5.41, 5.74) is 2.59. The van der Waals surface area contributed by atoms with Gasteiger partial charge in [0, 0.05) is 5.56 Å². The van der Waals surface area contributed by atoms with Crippen molar-refractivity contribution in [2.45, 2.75) is 138 Å². The van der Waals surface area contributed by atoms with Crippen molar-refractivity contribution in [2.75, 3.05) is 19.8 Å². The Hall–Kier alpha value is -2.10. The number of rotatable bonds is 15. The van der Waals surface area contributed by atoms with Crippen LogP contribution in [0, 0.1) is 32.6 Å². The minimum atomic E-state index is -4.98. The van der Waals surface area contributed by atoms with E-state index in [0.29, 0.717) is 23.5 Å². The number of fused-ring (bicyclic) bond motifs is 1. The maximum absolute atomic E-state index is 13.1. The molecule has 4 atom stereocenters. The average Bonchev–Trinajstić information content (AvgIpc) is 3.13. The molecule has 46 heavy (non-hydrogen) atoms. The molecule has 2 heterocycles. The standard InChI is InChI=1S/C27H41O10P.C8H18/c1-15(2)8-7-10-27(6)11-9-19-18(5)24(16(3)17(4)25(19)35-27)36-38(32,33)37-26-22(30)14-34-13-20(23(26)31)21(29)12-28;1-3-5-7-8-6-4-2/h15,20-21,28-29,31H,7-14H2,1-6H3,(H,32,33);3-8H2,1-2H3. The first kappa shape index (κ1) is 40.1. The number of Topliss-reactive ketones (excluding diaryl/α,β-unsaturated/α-hetero) is 1. The molecule has 1 aromatic rings. The van der Waals surface area contributed by atoms with Gasteiger partial charge in [0.2, 0.25) is 11.5 Å². The van der Waals surface area contributed by atoms with E-state index in [1.54, 1.807) is 13.8 Å². The summed E-state index contributed by atoms with van der Waals surface area (Å²) in [7, 11) is -4.98. The van der Waals surface area contributed by atoms with E-state index in [0.717, 1.165) is 42.6 Å². The van der Waals surface area contributed by atoms with Gasteiger partial charge in [-0.15, -0.1) is 0 Å². The second-order valence-electron chi connectivity index (χ2n) is 13.4. The number of unbranched alkanes of at least 4 members (excludes halogenated alkanes) is 5.